The fraction of sp³-hybridized carbons (Fsp3) is 0.104. The molecule has 51 heavy (non-hydrogen) atoms. The number of ether oxygens (including phenoxy) is 1. The molecule has 2 aliphatic carbocycles. The Bertz CT molecular complexity index is 2470. The lowest BCUT2D eigenvalue weighted by Gasteiger charge is -2.50. The van der Waals surface area contributed by atoms with Crippen molar-refractivity contribution in [3.8, 4) is 22.6 Å². The molecule has 0 saturated carbocycles. The largest absolute Gasteiger partial charge is 0.457 e. The van der Waals surface area contributed by atoms with E-state index in [0.29, 0.717) is 0 Å². The van der Waals surface area contributed by atoms with E-state index < -0.39 is 5.41 Å². The van der Waals surface area contributed by atoms with Crippen molar-refractivity contribution < 1.29 is 4.74 Å². The summed E-state index contributed by atoms with van der Waals surface area (Å²) in [5.74, 6) is 2.69. The maximum Gasteiger partial charge on any atom is 0.134 e. The average Bonchev–Trinajstić information content (AvgIpc) is 3.19. The zero-order valence-corrected chi connectivity index (χ0v) is 28.6. The second kappa shape index (κ2) is 11.2. The quantitative estimate of drug-likeness (QED) is 0.205. The van der Waals surface area contributed by atoms with Crippen molar-refractivity contribution in [1.29, 1.82) is 0 Å². The van der Waals surface area contributed by atoms with Crippen LogP contribution in [0, 0.1) is 0 Å². The minimum Gasteiger partial charge on any atom is -0.457 e. The molecule has 3 heteroatoms. The molecule has 2 heterocycles. The van der Waals surface area contributed by atoms with E-state index in [4.69, 9.17) is 9.73 Å². The van der Waals surface area contributed by atoms with Gasteiger partial charge in [-0.15, -0.1) is 0 Å². The van der Waals surface area contributed by atoms with Gasteiger partial charge < -0.3 is 10.1 Å². The Morgan fingerprint density at radius 3 is 1.90 bits per heavy atom. The summed E-state index contributed by atoms with van der Waals surface area (Å²) in [4.78, 5) is 5.26. The van der Waals surface area contributed by atoms with Crippen molar-refractivity contribution in [1.82, 2.24) is 5.32 Å². The Morgan fingerprint density at radius 2 is 1.14 bits per heavy atom. The number of aliphatic imine (C=N–C) groups is 1. The van der Waals surface area contributed by atoms with Crippen molar-refractivity contribution in [2.24, 2.45) is 4.99 Å². The lowest BCUT2D eigenvalue weighted by atomic mass is 9.53. The van der Waals surface area contributed by atoms with Gasteiger partial charge in [0.15, 0.2) is 0 Å². The summed E-state index contributed by atoms with van der Waals surface area (Å²) in [5.41, 5.74) is 13.5. The number of fused-ring (bicyclic) bond motifs is 9. The first-order valence-electron chi connectivity index (χ1n) is 17.8. The number of nitrogens with zero attached hydrogens (tertiary/aromatic N) is 1. The number of hydrogen-bond donors (Lipinski definition) is 1. The first-order valence-corrected chi connectivity index (χ1v) is 17.8. The maximum atomic E-state index is 6.64. The predicted octanol–water partition coefficient (Wildman–Crippen LogP) is 10.7. The van der Waals surface area contributed by atoms with Crippen LogP contribution in [-0.2, 0) is 10.8 Å². The van der Waals surface area contributed by atoms with E-state index in [-0.39, 0.29) is 11.5 Å². The molecule has 10 rings (SSSR count). The molecule has 1 N–H and O–H groups in total. The first kappa shape index (κ1) is 29.7. The summed E-state index contributed by atoms with van der Waals surface area (Å²) in [5, 5.41) is 3.66. The van der Waals surface area contributed by atoms with Crippen molar-refractivity contribution in [3.05, 3.63) is 220 Å². The van der Waals surface area contributed by atoms with E-state index in [1.807, 2.05) is 6.07 Å². The van der Waals surface area contributed by atoms with Crippen LogP contribution in [0.5, 0.6) is 11.5 Å². The highest BCUT2D eigenvalue weighted by atomic mass is 16.5. The zero-order valence-electron chi connectivity index (χ0n) is 28.6. The molecule has 1 spiro atoms. The van der Waals surface area contributed by atoms with E-state index in [0.717, 1.165) is 39.7 Å². The number of rotatable bonds is 3. The molecule has 244 valence electrons. The molecular weight excluding hydrogens is 621 g/mol. The van der Waals surface area contributed by atoms with Gasteiger partial charge in [0.25, 0.3) is 0 Å². The topological polar surface area (TPSA) is 33.6 Å². The van der Waals surface area contributed by atoms with Crippen molar-refractivity contribution in [2.45, 2.75) is 30.7 Å². The van der Waals surface area contributed by atoms with Crippen LogP contribution in [0.2, 0.25) is 0 Å². The second-order valence-corrected chi connectivity index (χ2v) is 14.4. The standard InChI is InChI=1S/C48H36N2O/c1-47(2)36-20-7-8-21-38(36)48(39-22-9-12-25-43(39)51-44-26-13-10-23-40(44)48)41-30-33(27-28-37(41)47)32-17-14-18-34(29-32)45-35-19-6-11-24-42(35)49-46(50-45)31-15-4-3-5-16-31/h3-30,42H,1-2H3,(H,49,50). The van der Waals surface area contributed by atoms with Gasteiger partial charge in [-0.3, -0.25) is 0 Å². The van der Waals surface area contributed by atoms with Crippen LogP contribution in [0.25, 0.3) is 16.8 Å². The molecule has 6 aromatic rings. The molecule has 4 aliphatic rings. The Hall–Kier alpha value is -6.19. The normalized spacial score (nSPS) is 18.3. The Kier molecular flexibility index (Phi) is 6.50. The number of para-hydroxylation sites is 2. The van der Waals surface area contributed by atoms with Gasteiger partial charge in [-0.05, 0) is 57.6 Å². The van der Waals surface area contributed by atoms with E-state index in [1.54, 1.807) is 0 Å². The molecule has 1 atom stereocenters. The number of hydrogen-bond acceptors (Lipinski definition) is 3. The maximum absolute atomic E-state index is 6.64. The highest BCUT2D eigenvalue weighted by Crippen LogP contribution is 2.61. The Balaban J connectivity index is 1.20. The van der Waals surface area contributed by atoms with Gasteiger partial charge in [0.2, 0.25) is 0 Å². The fourth-order valence-corrected chi connectivity index (χ4v) is 8.87. The Labute approximate surface area is 299 Å². The zero-order chi connectivity index (χ0) is 34.2. The lowest BCUT2D eigenvalue weighted by molar-refractivity contribution is 0.425. The van der Waals surface area contributed by atoms with Crippen LogP contribution >= 0.6 is 0 Å². The first-order chi connectivity index (χ1) is 25.0. The molecule has 3 nitrogen and oxygen atoms in total. The van der Waals surface area contributed by atoms with Crippen LogP contribution in [0.4, 0.5) is 0 Å². The van der Waals surface area contributed by atoms with Gasteiger partial charge in [0, 0.05) is 33.2 Å². The van der Waals surface area contributed by atoms with Crippen LogP contribution in [0.3, 0.4) is 0 Å². The van der Waals surface area contributed by atoms with Crippen LogP contribution in [0.1, 0.15) is 58.4 Å². The van der Waals surface area contributed by atoms with Crippen LogP contribution in [-0.4, -0.2) is 11.9 Å². The van der Waals surface area contributed by atoms with Crippen LogP contribution in [0.15, 0.2) is 180 Å². The molecule has 0 saturated heterocycles. The third kappa shape index (κ3) is 4.34. The van der Waals surface area contributed by atoms with Gasteiger partial charge in [0.1, 0.15) is 17.3 Å². The molecule has 0 aromatic heterocycles. The molecule has 0 amide bonds. The number of amidine groups is 1. The van der Waals surface area contributed by atoms with Gasteiger partial charge in [0.05, 0.1) is 17.2 Å². The summed E-state index contributed by atoms with van der Waals surface area (Å²) in [7, 11) is 0. The van der Waals surface area contributed by atoms with Gasteiger partial charge in [-0.25, -0.2) is 4.99 Å². The number of allylic oxidation sites excluding steroid dienone is 2. The van der Waals surface area contributed by atoms with Gasteiger partial charge >= 0.3 is 0 Å². The summed E-state index contributed by atoms with van der Waals surface area (Å²) in [6.45, 7) is 4.73. The van der Waals surface area contributed by atoms with Crippen molar-refractivity contribution in [2.75, 3.05) is 0 Å². The highest BCUT2D eigenvalue weighted by Gasteiger charge is 2.52. The third-order valence-electron chi connectivity index (χ3n) is 11.2. The molecule has 0 radical (unpaired) electrons. The molecule has 6 aromatic carbocycles. The third-order valence-corrected chi connectivity index (χ3v) is 11.2. The average molecular weight is 657 g/mol. The van der Waals surface area contributed by atoms with Crippen molar-refractivity contribution in [3.63, 3.8) is 0 Å². The van der Waals surface area contributed by atoms with Gasteiger partial charge in [-0.2, -0.15) is 0 Å². The number of benzene rings is 6. The molecule has 0 bridgehead atoms. The lowest BCUT2D eigenvalue weighted by Crippen LogP contribution is -2.43. The summed E-state index contributed by atoms with van der Waals surface area (Å²) >= 11 is 0. The molecule has 2 aliphatic heterocycles. The predicted molar refractivity (Wildman–Crippen MR) is 207 cm³/mol. The fourth-order valence-electron chi connectivity index (χ4n) is 8.87. The monoisotopic (exact) mass is 656 g/mol. The van der Waals surface area contributed by atoms with Crippen LogP contribution < -0.4 is 10.1 Å². The number of nitrogens with one attached hydrogen (secondary N) is 1. The van der Waals surface area contributed by atoms with Crippen molar-refractivity contribution >= 4 is 11.5 Å². The second-order valence-electron chi connectivity index (χ2n) is 14.4. The minimum absolute atomic E-state index is 0.0564. The molecular formula is C48H36N2O. The van der Waals surface area contributed by atoms with E-state index in [9.17, 15) is 0 Å². The summed E-state index contributed by atoms with van der Waals surface area (Å²) < 4.78 is 6.64. The summed E-state index contributed by atoms with van der Waals surface area (Å²) in [6.07, 6.45) is 8.61. The Morgan fingerprint density at radius 1 is 0.529 bits per heavy atom. The molecule has 1 unspecified atom stereocenters. The SMILES string of the molecule is CC1(C)c2ccccc2C2(c3ccccc3Oc3ccccc32)c2cc(-c3cccc(C4=C5C=CC=CC5NC(c5ccccc5)=N4)c3)ccc21. The molecule has 0 fully saturated rings. The van der Waals surface area contributed by atoms with Gasteiger partial charge in [-0.1, -0.05) is 159 Å². The van der Waals surface area contributed by atoms with E-state index in [2.05, 4.69) is 183 Å². The summed E-state index contributed by atoms with van der Waals surface area (Å²) in [6, 6.07) is 52.7. The minimum atomic E-state index is -0.554. The van der Waals surface area contributed by atoms with E-state index >= 15 is 0 Å². The highest BCUT2D eigenvalue weighted by molar-refractivity contribution is 6.04. The van der Waals surface area contributed by atoms with E-state index in [1.165, 1.54) is 44.5 Å². The smallest absolute Gasteiger partial charge is 0.134 e.